The summed E-state index contributed by atoms with van der Waals surface area (Å²) in [5, 5.41) is 3.38. The molecule has 2 rings (SSSR count). The lowest BCUT2D eigenvalue weighted by Gasteiger charge is -2.48. The van der Waals surface area contributed by atoms with E-state index in [2.05, 4.69) is 19.2 Å². The molecule has 0 bridgehead atoms. The monoisotopic (exact) mass is 245 g/mol. The number of hydrogen-bond donors (Lipinski definition) is 1. The van der Waals surface area contributed by atoms with E-state index < -0.39 is 9.84 Å². The number of hydrogen-bond acceptors (Lipinski definition) is 3. The Bertz CT molecular complexity index is 374. The highest BCUT2D eigenvalue weighted by molar-refractivity contribution is 7.92. The molecule has 0 spiro atoms. The molecule has 4 atom stereocenters. The fraction of sp³-hybridized carbons (Fsp3) is 1.00. The van der Waals surface area contributed by atoms with Gasteiger partial charge in [0, 0.05) is 11.6 Å². The molecule has 1 aliphatic heterocycles. The van der Waals surface area contributed by atoms with Crippen molar-refractivity contribution in [1.82, 2.24) is 5.32 Å². The van der Waals surface area contributed by atoms with Crippen LogP contribution in [0, 0.1) is 11.8 Å². The van der Waals surface area contributed by atoms with E-state index in [1.165, 1.54) is 0 Å². The zero-order valence-electron chi connectivity index (χ0n) is 10.7. The Kier molecular flexibility index (Phi) is 2.86. The number of fused-ring (bicyclic) bond motifs is 1. The first-order chi connectivity index (χ1) is 7.21. The van der Waals surface area contributed by atoms with Crippen molar-refractivity contribution in [3.8, 4) is 0 Å². The lowest BCUT2D eigenvalue weighted by molar-refractivity contribution is 0.198. The third-order valence-electron chi connectivity index (χ3n) is 3.94. The Morgan fingerprint density at radius 2 is 1.81 bits per heavy atom. The van der Waals surface area contributed by atoms with Crippen LogP contribution in [0.3, 0.4) is 0 Å². The lowest BCUT2D eigenvalue weighted by Crippen LogP contribution is -2.65. The minimum absolute atomic E-state index is 0.156. The van der Waals surface area contributed by atoms with Gasteiger partial charge in [-0.15, -0.1) is 0 Å². The van der Waals surface area contributed by atoms with Gasteiger partial charge in [-0.3, -0.25) is 0 Å². The molecule has 2 fully saturated rings. The van der Waals surface area contributed by atoms with E-state index >= 15 is 0 Å². The highest BCUT2D eigenvalue weighted by atomic mass is 32.2. The van der Waals surface area contributed by atoms with E-state index in [4.69, 9.17) is 0 Å². The maximum Gasteiger partial charge on any atom is 0.156 e. The van der Waals surface area contributed by atoms with Crippen LogP contribution in [0.1, 0.15) is 40.5 Å². The fourth-order valence-corrected chi connectivity index (χ4v) is 6.50. The van der Waals surface area contributed by atoms with Crippen molar-refractivity contribution >= 4 is 9.84 Å². The SMILES string of the molecule is CC1CC(C)C2C(C1)NC(C)(C)CS2(=O)=O. The predicted molar refractivity (Wildman–Crippen MR) is 66.1 cm³/mol. The normalized spacial score (nSPS) is 46.0. The number of rotatable bonds is 0. The van der Waals surface area contributed by atoms with Crippen LogP contribution in [0.5, 0.6) is 0 Å². The highest BCUT2D eigenvalue weighted by Crippen LogP contribution is 2.37. The molecular weight excluding hydrogens is 222 g/mol. The lowest BCUT2D eigenvalue weighted by atomic mass is 9.79. The third-order valence-corrected chi connectivity index (χ3v) is 6.69. The van der Waals surface area contributed by atoms with E-state index in [0.717, 1.165) is 12.8 Å². The van der Waals surface area contributed by atoms with E-state index in [1.807, 2.05) is 13.8 Å². The largest absolute Gasteiger partial charge is 0.307 e. The van der Waals surface area contributed by atoms with E-state index in [9.17, 15) is 8.42 Å². The Balaban J connectivity index is 2.33. The molecule has 0 aromatic carbocycles. The van der Waals surface area contributed by atoms with Gasteiger partial charge in [0.05, 0.1) is 11.0 Å². The molecule has 4 unspecified atom stereocenters. The van der Waals surface area contributed by atoms with Crippen molar-refractivity contribution in [3.05, 3.63) is 0 Å². The van der Waals surface area contributed by atoms with Crippen LogP contribution < -0.4 is 5.32 Å². The maximum atomic E-state index is 12.3. The highest BCUT2D eigenvalue weighted by Gasteiger charge is 2.49. The average molecular weight is 245 g/mol. The standard InChI is InChI=1S/C12H23NO2S/c1-8-5-9(2)11-10(6-8)13-12(3,4)7-16(11,14)15/h8-11,13H,5-7H2,1-4H3. The van der Waals surface area contributed by atoms with Crippen molar-refractivity contribution in [1.29, 1.82) is 0 Å². The third kappa shape index (κ3) is 2.14. The summed E-state index contributed by atoms with van der Waals surface area (Å²) >= 11 is 0. The summed E-state index contributed by atoms with van der Waals surface area (Å²) < 4.78 is 24.6. The van der Waals surface area contributed by atoms with Gasteiger partial charge in [-0.25, -0.2) is 8.42 Å². The molecule has 0 radical (unpaired) electrons. The second kappa shape index (κ2) is 3.70. The van der Waals surface area contributed by atoms with Gasteiger partial charge in [-0.05, 0) is 38.5 Å². The molecular formula is C12H23NO2S. The van der Waals surface area contributed by atoms with Crippen LogP contribution in [0.2, 0.25) is 0 Å². The summed E-state index contributed by atoms with van der Waals surface area (Å²) in [5.74, 6) is 1.20. The second-order valence-corrected chi connectivity index (χ2v) is 8.62. The minimum atomic E-state index is -2.93. The summed E-state index contributed by atoms with van der Waals surface area (Å²) in [6.45, 7) is 8.29. The summed E-state index contributed by atoms with van der Waals surface area (Å²) in [6, 6.07) is 0.160. The zero-order chi connectivity index (χ0) is 12.1. The van der Waals surface area contributed by atoms with Gasteiger partial charge in [0.2, 0.25) is 0 Å². The predicted octanol–water partition coefficient (Wildman–Crippen LogP) is 1.59. The van der Waals surface area contributed by atoms with E-state index in [0.29, 0.717) is 11.8 Å². The maximum absolute atomic E-state index is 12.3. The first-order valence-electron chi connectivity index (χ1n) is 6.20. The van der Waals surface area contributed by atoms with Crippen LogP contribution in [-0.2, 0) is 9.84 Å². The molecule has 3 nitrogen and oxygen atoms in total. The Labute approximate surface area is 98.9 Å². The summed E-state index contributed by atoms with van der Waals surface area (Å²) in [7, 11) is -2.93. The van der Waals surface area contributed by atoms with Crippen molar-refractivity contribution in [3.63, 3.8) is 0 Å². The van der Waals surface area contributed by atoms with Crippen molar-refractivity contribution in [2.75, 3.05) is 5.75 Å². The molecule has 94 valence electrons. The minimum Gasteiger partial charge on any atom is -0.307 e. The van der Waals surface area contributed by atoms with Crippen LogP contribution >= 0.6 is 0 Å². The molecule has 4 heteroatoms. The Morgan fingerprint density at radius 3 is 2.44 bits per heavy atom. The summed E-state index contributed by atoms with van der Waals surface area (Å²) in [6.07, 6.45) is 2.04. The van der Waals surface area contributed by atoms with Gasteiger partial charge in [0.15, 0.2) is 9.84 Å². The van der Waals surface area contributed by atoms with Crippen LogP contribution in [0.4, 0.5) is 0 Å². The van der Waals surface area contributed by atoms with Crippen molar-refractivity contribution < 1.29 is 8.42 Å². The average Bonchev–Trinajstić information content (AvgIpc) is 1.94. The van der Waals surface area contributed by atoms with E-state index in [-0.39, 0.29) is 22.6 Å². The van der Waals surface area contributed by atoms with Gasteiger partial charge in [-0.2, -0.15) is 0 Å². The van der Waals surface area contributed by atoms with Gasteiger partial charge < -0.3 is 5.32 Å². The van der Waals surface area contributed by atoms with Gasteiger partial charge in [0.1, 0.15) is 0 Å². The smallest absolute Gasteiger partial charge is 0.156 e. The Morgan fingerprint density at radius 1 is 1.19 bits per heavy atom. The Hall–Kier alpha value is -0.0900. The topological polar surface area (TPSA) is 46.2 Å². The first kappa shape index (κ1) is 12.4. The van der Waals surface area contributed by atoms with E-state index in [1.54, 1.807) is 0 Å². The van der Waals surface area contributed by atoms with Gasteiger partial charge >= 0.3 is 0 Å². The van der Waals surface area contributed by atoms with Gasteiger partial charge in [0.25, 0.3) is 0 Å². The quantitative estimate of drug-likeness (QED) is 0.705. The molecule has 0 aromatic rings. The molecule has 1 heterocycles. The van der Waals surface area contributed by atoms with Crippen LogP contribution in [0.25, 0.3) is 0 Å². The van der Waals surface area contributed by atoms with Crippen LogP contribution in [0.15, 0.2) is 0 Å². The van der Waals surface area contributed by atoms with Crippen LogP contribution in [-0.4, -0.2) is 31.0 Å². The molecule has 1 saturated carbocycles. The fourth-order valence-electron chi connectivity index (χ4n) is 3.72. The molecule has 1 N–H and O–H groups in total. The first-order valence-corrected chi connectivity index (χ1v) is 7.92. The second-order valence-electron chi connectivity index (χ2n) is 6.46. The van der Waals surface area contributed by atoms with Crippen molar-refractivity contribution in [2.45, 2.75) is 57.4 Å². The molecule has 0 aromatic heterocycles. The zero-order valence-corrected chi connectivity index (χ0v) is 11.5. The molecule has 2 aliphatic rings. The molecule has 1 saturated heterocycles. The summed E-state index contributed by atoms with van der Waals surface area (Å²) in [4.78, 5) is 0. The van der Waals surface area contributed by atoms with Crippen molar-refractivity contribution in [2.24, 2.45) is 11.8 Å². The summed E-state index contributed by atoms with van der Waals surface area (Å²) in [5.41, 5.74) is -0.267. The van der Waals surface area contributed by atoms with Gasteiger partial charge in [-0.1, -0.05) is 13.8 Å². The molecule has 0 amide bonds. The molecule has 1 aliphatic carbocycles. The number of nitrogens with one attached hydrogen (secondary N) is 1. The number of sulfone groups is 1. The molecule has 16 heavy (non-hydrogen) atoms.